The molecule has 2 heterocycles. The normalized spacial score (nSPS) is 16.7. The second-order valence-corrected chi connectivity index (χ2v) is 9.10. The number of morpholine rings is 1. The minimum absolute atomic E-state index is 0.0538. The number of ether oxygens (including phenoxy) is 2. The molecule has 0 amide bonds. The number of hydrogen-bond acceptors (Lipinski definition) is 5. The molecule has 1 fully saturated rings. The molecule has 1 aliphatic rings. The van der Waals surface area contributed by atoms with E-state index >= 15 is 0 Å². The van der Waals surface area contributed by atoms with E-state index in [0.717, 1.165) is 36.5 Å². The molecule has 2 aromatic rings. The van der Waals surface area contributed by atoms with Crippen molar-refractivity contribution in [1.82, 2.24) is 14.2 Å². The summed E-state index contributed by atoms with van der Waals surface area (Å²) in [4.78, 5) is 2.53. The molecule has 1 unspecified atom stereocenters. The second-order valence-electron chi connectivity index (χ2n) is 7.34. The summed E-state index contributed by atoms with van der Waals surface area (Å²) in [5.74, 6) is 0.723. The number of aromatic nitrogens is 1. The third-order valence-corrected chi connectivity index (χ3v) is 6.62. The third-order valence-electron chi connectivity index (χ3n) is 5.20. The molecular formula is C21H31N3O4S. The van der Waals surface area contributed by atoms with Gasteiger partial charge in [0, 0.05) is 38.6 Å². The SMILES string of the molecule is CCCOc1ccc(S(=O)(=O)NCC(c2cccn2C)N2CCOCC2)cc1C. The number of rotatable bonds is 9. The Bertz CT molecular complexity index is 904. The molecule has 1 atom stereocenters. The van der Waals surface area contributed by atoms with E-state index in [2.05, 4.69) is 9.62 Å². The summed E-state index contributed by atoms with van der Waals surface area (Å²) in [7, 11) is -1.65. The Kier molecular flexibility index (Phi) is 7.34. The molecule has 0 saturated carbocycles. The van der Waals surface area contributed by atoms with Crippen molar-refractivity contribution < 1.29 is 17.9 Å². The Morgan fingerprint density at radius 1 is 1.24 bits per heavy atom. The standard InChI is InChI=1S/C21H31N3O4S/c1-4-12-28-21-8-7-18(15-17(21)2)29(25,26)22-16-20(19-6-5-9-23(19)3)24-10-13-27-14-11-24/h5-9,15,20,22H,4,10-14,16H2,1-3H3. The van der Waals surface area contributed by atoms with Crippen LogP contribution in [0.1, 0.15) is 30.6 Å². The van der Waals surface area contributed by atoms with Crippen molar-refractivity contribution in [3.05, 3.63) is 47.8 Å². The Labute approximate surface area is 173 Å². The summed E-state index contributed by atoms with van der Waals surface area (Å²) in [6.07, 6.45) is 2.89. The quantitative estimate of drug-likeness (QED) is 0.673. The van der Waals surface area contributed by atoms with Gasteiger partial charge in [0.15, 0.2) is 0 Å². The number of hydrogen-bond donors (Lipinski definition) is 1. The fourth-order valence-corrected chi connectivity index (χ4v) is 4.69. The van der Waals surface area contributed by atoms with Gasteiger partial charge < -0.3 is 14.0 Å². The minimum atomic E-state index is -3.63. The predicted octanol–water partition coefficient (Wildman–Crippen LogP) is 2.47. The van der Waals surface area contributed by atoms with E-state index in [1.54, 1.807) is 18.2 Å². The molecule has 1 aromatic heterocycles. The number of benzene rings is 1. The maximum absolute atomic E-state index is 12.9. The van der Waals surface area contributed by atoms with Crippen LogP contribution in [0.15, 0.2) is 41.4 Å². The van der Waals surface area contributed by atoms with Crippen molar-refractivity contribution in [2.75, 3.05) is 39.5 Å². The van der Waals surface area contributed by atoms with Gasteiger partial charge in [0.05, 0.1) is 30.8 Å². The van der Waals surface area contributed by atoms with Crippen LogP contribution in [0, 0.1) is 6.92 Å². The Hall–Kier alpha value is -1.87. The van der Waals surface area contributed by atoms with Crippen molar-refractivity contribution in [2.24, 2.45) is 7.05 Å². The van der Waals surface area contributed by atoms with Gasteiger partial charge in [-0.3, -0.25) is 4.90 Å². The van der Waals surface area contributed by atoms with E-state index in [4.69, 9.17) is 9.47 Å². The fourth-order valence-electron chi connectivity index (χ4n) is 3.57. The highest BCUT2D eigenvalue weighted by molar-refractivity contribution is 7.89. The van der Waals surface area contributed by atoms with Crippen LogP contribution in [0.4, 0.5) is 0 Å². The van der Waals surface area contributed by atoms with E-state index < -0.39 is 10.0 Å². The van der Waals surface area contributed by atoms with Crippen molar-refractivity contribution in [3.63, 3.8) is 0 Å². The number of nitrogens with one attached hydrogen (secondary N) is 1. The molecule has 7 nitrogen and oxygen atoms in total. The first-order valence-corrected chi connectivity index (χ1v) is 11.6. The monoisotopic (exact) mass is 421 g/mol. The molecular weight excluding hydrogens is 390 g/mol. The van der Waals surface area contributed by atoms with E-state index in [-0.39, 0.29) is 10.9 Å². The van der Waals surface area contributed by atoms with Crippen LogP contribution in [0.25, 0.3) is 0 Å². The highest BCUT2D eigenvalue weighted by Crippen LogP contribution is 2.24. The van der Waals surface area contributed by atoms with Gasteiger partial charge in [0.2, 0.25) is 10.0 Å². The van der Waals surface area contributed by atoms with Crippen LogP contribution in [-0.2, 0) is 21.8 Å². The van der Waals surface area contributed by atoms with Crippen molar-refractivity contribution in [1.29, 1.82) is 0 Å². The number of sulfonamides is 1. The lowest BCUT2D eigenvalue weighted by atomic mass is 10.1. The molecule has 0 bridgehead atoms. The number of aryl methyl sites for hydroxylation is 2. The molecule has 0 radical (unpaired) electrons. The van der Waals surface area contributed by atoms with Crippen LogP contribution >= 0.6 is 0 Å². The average molecular weight is 422 g/mol. The van der Waals surface area contributed by atoms with Crippen LogP contribution < -0.4 is 9.46 Å². The zero-order valence-corrected chi connectivity index (χ0v) is 18.2. The van der Waals surface area contributed by atoms with E-state index in [9.17, 15) is 8.42 Å². The maximum Gasteiger partial charge on any atom is 0.240 e. The van der Waals surface area contributed by atoms with Gasteiger partial charge in [-0.1, -0.05) is 6.92 Å². The second kappa shape index (κ2) is 9.75. The lowest BCUT2D eigenvalue weighted by Gasteiger charge is -2.34. The van der Waals surface area contributed by atoms with Gasteiger partial charge >= 0.3 is 0 Å². The van der Waals surface area contributed by atoms with Crippen LogP contribution in [0.5, 0.6) is 5.75 Å². The van der Waals surface area contributed by atoms with Crippen LogP contribution in [0.3, 0.4) is 0 Å². The van der Waals surface area contributed by atoms with Crippen molar-refractivity contribution in [2.45, 2.75) is 31.2 Å². The Morgan fingerprint density at radius 3 is 2.62 bits per heavy atom. The molecule has 1 aromatic carbocycles. The zero-order chi connectivity index (χ0) is 20.9. The maximum atomic E-state index is 12.9. The van der Waals surface area contributed by atoms with Crippen LogP contribution in [0.2, 0.25) is 0 Å². The molecule has 8 heteroatoms. The summed E-state index contributed by atoms with van der Waals surface area (Å²) in [6.45, 7) is 7.69. The topological polar surface area (TPSA) is 72.8 Å². The molecule has 1 saturated heterocycles. The zero-order valence-electron chi connectivity index (χ0n) is 17.4. The average Bonchev–Trinajstić information content (AvgIpc) is 3.13. The van der Waals surface area contributed by atoms with Gasteiger partial charge in [-0.15, -0.1) is 0 Å². The molecule has 0 spiro atoms. The first-order valence-electron chi connectivity index (χ1n) is 10.1. The summed E-state index contributed by atoms with van der Waals surface area (Å²) >= 11 is 0. The van der Waals surface area contributed by atoms with Gasteiger partial charge in [0.1, 0.15) is 5.75 Å². The minimum Gasteiger partial charge on any atom is -0.493 e. The summed E-state index contributed by atoms with van der Waals surface area (Å²) in [5, 5.41) is 0. The highest BCUT2D eigenvalue weighted by atomic mass is 32.2. The van der Waals surface area contributed by atoms with E-state index in [1.165, 1.54) is 0 Å². The summed E-state index contributed by atoms with van der Waals surface area (Å²) in [6, 6.07) is 8.97. The predicted molar refractivity (Wildman–Crippen MR) is 113 cm³/mol. The Morgan fingerprint density at radius 2 is 2.00 bits per heavy atom. The van der Waals surface area contributed by atoms with Crippen molar-refractivity contribution >= 4 is 10.0 Å². The van der Waals surface area contributed by atoms with Gasteiger partial charge in [-0.05, 0) is 49.2 Å². The van der Waals surface area contributed by atoms with Crippen LogP contribution in [-0.4, -0.2) is 57.3 Å². The number of nitrogens with zero attached hydrogens (tertiary/aromatic N) is 2. The van der Waals surface area contributed by atoms with E-state index in [1.807, 2.05) is 43.8 Å². The lowest BCUT2D eigenvalue weighted by molar-refractivity contribution is 0.0158. The van der Waals surface area contributed by atoms with E-state index in [0.29, 0.717) is 26.4 Å². The first kappa shape index (κ1) is 21.8. The molecule has 3 rings (SSSR count). The third kappa shape index (κ3) is 5.39. The van der Waals surface area contributed by atoms with Crippen molar-refractivity contribution in [3.8, 4) is 5.75 Å². The summed E-state index contributed by atoms with van der Waals surface area (Å²) < 4.78 is 41.9. The largest absolute Gasteiger partial charge is 0.493 e. The smallest absolute Gasteiger partial charge is 0.240 e. The molecule has 0 aliphatic carbocycles. The first-order chi connectivity index (χ1) is 13.9. The Balaban J connectivity index is 1.75. The molecule has 1 aliphatic heterocycles. The molecule has 160 valence electrons. The summed E-state index contributed by atoms with van der Waals surface area (Å²) in [5.41, 5.74) is 1.89. The molecule has 29 heavy (non-hydrogen) atoms. The van der Waals surface area contributed by atoms with Gasteiger partial charge in [-0.25, -0.2) is 13.1 Å². The highest BCUT2D eigenvalue weighted by Gasteiger charge is 2.26. The van der Waals surface area contributed by atoms with Gasteiger partial charge in [-0.2, -0.15) is 0 Å². The fraction of sp³-hybridized carbons (Fsp3) is 0.524. The van der Waals surface area contributed by atoms with Gasteiger partial charge in [0.25, 0.3) is 0 Å². The molecule has 1 N–H and O–H groups in total. The lowest BCUT2D eigenvalue weighted by Crippen LogP contribution is -2.44.